The number of azide groups is 1. The Hall–Kier alpha value is -1.86. The highest BCUT2D eigenvalue weighted by atomic mass is 16.6. The first kappa shape index (κ1) is 15.1. The molecule has 94 valence electrons. The first-order valence-corrected chi connectivity index (χ1v) is 5.25. The van der Waals surface area contributed by atoms with Crippen molar-refractivity contribution < 1.29 is 9.53 Å². The number of hydrogen-bond acceptors (Lipinski definition) is 3. The maximum absolute atomic E-state index is 11.8. The summed E-state index contributed by atoms with van der Waals surface area (Å²) in [5, 5.41) is 3.42. The molecular weight excluding hydrogens is 220 g/mol. The van der Waals surface area contributed by atoms with Crippen LogP contribution in [0.1, 0.15) is 27.7 Å². The highest BCUT2D eigenvalue weighted by Crippen LogP contribution is 2.12. The number of rotatable bonds is 4. The van der Waals surface area contributed by atoms with E-state index in [1.54, 1.807) is 27.7 Å². The van der Waals surface area contributed by atoms with Crippen LogP contribution < -0.4 is 0 Å². The fourth-order valence-corrected chi connectivity index (χ4v) is 1.07. The number of hydrogen-bond donors (Lipinski definition) is 0. The Morgan fingerprint density at radius 3 is 2.65 bits per heavy atom. The first-order valence-electron chi connectivity index (χ1n) is 5.25. The topological polar surface area (TPSA) is 78.3 Å². The second-order valence-corrected chi connectivity index (χ2v) is 4.57. The van der Waals surface area contributed by atoms with Crippen molar-refractivity contribution in [2.45, 2.75) is 39.3 Å². The number of carbonyl (C=O) groups is 1. The second kappa shape index (κ2) is 6.66. The van der Waals surface area contributed by atoms with E-state index in [4.69, 9.17) is 16.7 Å². The van der Waals surface area contributed by atoms with E-state index >= 15 is 0 Å². The van der Waals surface area contributed by atoms with Gasteiger partial charge in [-0.2, -0.15) is 0 Å². The van der Waals surface area contributed by atoms with Crippen LogP contribution in [0.2, 0.25) is 0 Å². The lowest BCUT2D eigenvalue weighted by Gasteiger charge is -2.29. The van der Waals surface area contributed by atoms with Gasteiger partial charge in [-0.15, -0.1) is 6.42 Å². The summed E-state index contributed by atoms with van der Waals surface area (Å²) in [7, 11) is 0. The predicted octanol–water partition coefficient (Wildman–Crippen LogP) is 2.56. The molecule has 0 N–H and O–H groups in total. The molecule has 0 rings (SSSR count). The summed E-state index contributed by atoms with van der Waals surface area (Å²) in [6.07, 6.45) is 4.69. The number of nitrogens with zero attached hydrogens (tertiary/aromatic N) is 4. The Labute approximate surface area is 102 Å². The van der Waals surface area contributed by atoms with Gasteiger partial charge in [-0.05, 0) is 33.2 Å². The van der Waals surface area contributed by atoms with Gasteiger partial charge in [0, 0.05) is 17.5 Å². The molecule has 0 unspecified atom stereocenters. The van der Waals surface area contributed by atoms with E-state index in [1.165, 1.54) is 4.90 Å². The third-order valence-corrected chi connectivity index (χ3v) is 1.83. The maximum atomic E-state index is 11.8. The highest BCUT2D eigenvalue weighted by Gasteiger charge is 2.24. The lowest BCUT2D eigenvalue weighted by molar-refractivity contribution is 0.0214. The third kappa shape index (κ3) is 6.33. The molecule has 0 heterocycles. The monoisotopic (exact) mass is 238 g/mol. The zero-order chi connectivity index (χ0) is 13.5. The minimum Gasteiger partial charge on any atom is -0.444 e. The minimum atomic E-state index is -0.581. The molecule has 1 atom stereocenters. The molecule has 0 aromatic heterocycles. The van der Waals surface area contributed by atoms with Crippen molar-refractivity contribution in [2.24, 2.45) is 5.11 Å². The Morgan fingerprint density at radius 2 is 2.24 bits per heavy atom. The Balaban J connectivity index is 4.67. The van der Waals surface area contributed by atoms with Gasteiger partial charge in [0.2, 0.25) is 0 Å². The molecule has 1 amide bonds. The van der Waals surface area contributed by atoms with Gasteiger partial charge in [-0.3, -0.25) is 4.90 Å². The number of amides is 1. The lowest BCUT2D eigenvalue weighted by atomic mass is 10.2. The molecule has 0 aromatic carbocycles. The first-order chi connectivity index (χ1) is 7.81. The summed E-state index contributed by atoms with van der Waals surface area (Å²) in [6, 6.07) is -0.295. The average molecular weight is 238 g/mol. The van der Waals surface area contributed by atoms with Crippen LogP contribution in [0.25, 0.3) is 10.4 Å². The zero-order valence-corrected chi connectivity index (χ0v) is 10.7. The van der Waals surface area contributed by atoms with Crippen LogP contribution >= 0.6 is 0 Å². The van der Waals surface area contributed by atoms with Gasteiger partial charge in [0.1, 0.15) is 5.60 Å². The molecule has 0 fully saturated rings. The van der Waals surface area contributed by atoms with Gasteiger partial charge < -0.3 is 4.74 Å². The van der Waals surface area contributed by atoms with E-state index in [-0.39, 0.29) is 19.1 Å². The summed E-state index contributed by atoms with van der Waals surface area (Å²) in [5.41, 5.74) is 7.65. The number of ether oxygens (including phenoxy) is 1. The fourth-order valence-electron chi connectivity index (χ4n) is 1.07. The lowest BCUT2D eigenvalue weighted by Crippen LogP contribution is -2.43. The SMILES string of the molecule is C#CCN(C(=O)OC(C)(C)C)[C@@H](C)CN=[N+]=[N-]. The molecule has 0 spiro atoms. The van der Waals surface area contributed by atoms with Crippen molar-refractivity contribution in [2.75, 3.05) is 13.1 Å². The molecule has 0 aliphatic carbocycles. The van der Waals surface area contributed by atoms with Crippen LogP contribution in [0, 0.1) is 12.3 Å². The van der Waals surface area contributed by atoms with E-state index in [0.717, 1.165) is 0 Å². The highest BCUT2D eigenvalue weighted by molar-refractivity contribution is 5.69. The quantitative estimate of drug-likeness (QED) is 0.326. The van der Waals surface area contributed by atoms with Crippen molar-refractivity contribution in [3.63, 3.8) is 0 Å². The molecule has 17 heavy (non-hydrogen) atoms. The van der Waals surface area contributed by atoms with Gasteiger partial charge in [0.25, 0.3) is 0 Å². The van der Waals surface area contributed by atoms with Crippen molar-refractivity contribution >= 4 is 6.09 Å². The molecule has 0 saturated heterocycles. The summed E-state index contributed by atoms with van der Waals surface area (Å²) in [6.45, 7) is 7.36. The van der Waals surface area contributed by atoms with Crippen LogP contribution in [0.4, 0.5) is 4.79 Å². The maximum Gasteiger partial charge on any atom is 0.411 e. The molecule has 0 aliphatic heterocycles. The van der Waals surface area contributed by atoms with Crippen LogP contribution in [0.15, 0.2) is 5.11 Å². The molecule has 0 radical (unpaired) electrons. The van der Waals surface area contributed by atoms with Crippen LogP contribution in [-0.4, -0.2) is 35.7 Å². The van der Waals surface area contributed by atoms with Crippen molar-refractivity contribution in [3.8, 4) is 12.3 Å². The molecule has 0 aromatic rings. The summed E-state index contributed by atoms with van der Waals surface area (Å²) in [4.78, 5) is 15.8. The van der Waals surface area contributed by atoms with E-state index < -0.39 is 11.7 Å². The van der Waals surface area contributed by atoms with Crippen molar-refractivity contribution in [1.82, 2.24) is 4.90 Å². The molecule has 0 saturated carbocycles. The van der Waals surface area contributed by atoms with E-state index in [0.29, 0.717) is 0 Å². The Kier molecular flexibility index (Phi) is 5.94. The minimum absolute atomic E-state index is 0.122. The fraction of sp³-hybridized carbons (Fsp3) is 0.727. The van der Waals surface area contributed by atoms with E-state index in [9.17, 15) is 4.79 Å². The van der Waals surface area contributed by atoms with Gasteiger partial charge in [-0.25, -0.2) is 4.79 Å². The third-order valence-electron chi connectivity index (χ3n) is 1.83. The summed E-state index contributed by atoms with van der Waals surface area (Å²) in [5.74, 6) is 2.38. The zero-order valence-electron chi connectivity index (χ0n) is 10.7. The molecular formula is C11H18N4O2. The standard InChI is InChI=1S/C11H18N4O2/c1-6-7-15(9(2)8-13-14-12)10(16)17-11(3,4)5/h1,9H,7-8H2,2-5H3/t9-/m0/s1. The Morgan fingerprint density at radius 1 is 1.65 bits per heavy atom. The normalized spacial score (nSPS) is 11.9. The van der Waals surface area contributed by atoms with Gasteiger partial charge in [0.05, 0.1) is 6.54 Å². The average Bonchev–Trinajstić information content (AvgIpc) is 2.19. The largest absolute Gasteiger partial charge is 0.444 e. The molecule has 6 heteroatoms. The van der Waals surface area contributed by atoms with Crippen LogP contribution in [0.3, 0.4) is 0 Å². The van der Waals surface area contributed by atoms with Crippen LogP contribution in [0.5, 0.6) is 0 Å². The van der Waals surface area contributed by atoms with Crippen molar-refractivity contribution in [3.05, 3.63) is 10.4 Å². The molecule has 6 nitrogen and oxygen atoms in total. The van der Waals surface area contributed by atoms with E-state index in [2.05, 4.69) is 15.9 Å². The van der Waals surface area contributed by atoms with Crippen LogP contribution in [-0.2, 0) is 4.74 Å². The van der Waals surface area contributed by atoms with Gasteiger partial charge in [-0.1, -0.05) is 11.0 Å². The number of terminal acetylenes is 1. The van der Waals surface area contributed by atoms with Crippen molar-refractivity contribution in [1.29, 1.82) is 0 Å². The molecule has 0 aliphatic rings. The van der Waals surface area contributed by atoms with Gasteiger partial charge >= 0.3 is 6.09 Å². The van der Waals surface area contributed by atoms with E-state index in [1.807, 2.05) is 0 Å². The van der Waals surface area contributed by atoms with Gasteiger partial charge in [0.15, 0.2) is 0 Å². The smallest absolute Gasteiger partial charge is 0.411 e. The predicted molar refractivity (Wildman–Crippen MR) is 65.2 cm³/mol. The summed E-state index contributed by atoms with van der Waals surface area (Å²) < 4.78 is 5.21. The number of carbonyl (C=O) groups excluding carboxylic acids is 1. The molecule has 0 bridgehead atoms. The summed E-state index contributed by atoms with van der Waals surface area (Å²) >= 11 is 0. The second-order valence-electron chi connectivity index (χ2n) is 4.57. The Bertz CT molecular complexity index is 347.